The van der Waals surface area contributed by atoms with E-state index in [1.54, 1.807) is 0 Å². The van der Waals surface area contributed by atoms with E-state index in [4.69, 9.17) is 0 Å². The summed E-state index contributed by atoms with van der Waals surface area (Å²) in [6, 6.07) is 17.0. The fraction of sp³-hybridized carbons (Fsp3) is 0.364. The average molecular weight is 369 g/mol. The Balaban J connectivity index is 2.15. The molecule has 0 bridgehead atoms. The van der Waals surface area contributed by atoms with E-state index in [9.17, 15) is 9.59 Å². The Morgan fingerprint density at radius 2 is 1.59 bits per heavy atom. The van der Waals surface area contributed by atoms with Crippen molar-refractivity contribution >= 4 is 17.5 Å². The molecule has 27 heavy (non-hydrogen) atoms. The van der Waals surface area contributed by atoms with Crippen LogP contribution in [0.5, 0.6) is 0 Å². The summed E-state index contributed by atoms with van der Waals surface area (Å²) in [5.74, 6) is -0.0588. The smallest absolute Gasteiger partial charge is 0.285 e. The molecule has 0 saturated heterocycles. The van der Waals surface area contributed by atoms with Crippen LogP contribution in [0, 0.1) is 6.92 Å². The van der Waals surface area contributed by atoms with E-state index in [0.29, 0.717) is 13.1 Å². The molecule has 2 aromatic rings. The zero-order valence-corrected chi connectivity index (χ0v) is 16.7. The number of aryl methyl sites for hydroxylation is 1. The molecule has 0 heterocycles. The number of nitrogens with zero attached hydrogens (tertiary/aromatic N) is 1. The Hall–Kier alpha value is -2.66. The molecule has 144 valence electrons. The number of nitrogens with one attached hydrogen (secondary N) is 2. The minimum atomic E-state index is -0.408. The molecule has 2 atom stereocenters. The lowest BCUT2D eigenvalue weighted by molar-refractivity contribution is -0.894. The minimum Gasteiger partial charge on any atom is -0.338 e. The van der Waals surface area contributed by atoms with E-state index < -0.39 is 6.04 Å². The lowest BCUT2D eigenvalue weighted by Crippen LogP contribution is -3.11. The van der Waals surface area contributed by atoms with Crippen LogP contribution in [0.2, 0.25) is 0 Å². The van der Waals surface area contributed by atoms with Crippen molar-refractivity contribution in [2.24, 2.45) is 0 Å². The van der Waals surface area contributed by atoms with Crippen molar-refractivity contribution in [1.29, 1.82) is 0 Å². The van der Waals surface area contributed by atoms with Crippen molar-refractivity contribution in [3.63, 3.8) is 0 Å². The first-order valence-electron chi connectivity index (χ1n) is 9.48. The second kappa shape index (κ2) is 9.88. The van der Waals surface area contributed by atoms with Gasteiger partial charge in [-0.1, -0.05) is 48.0 Å². The summed E-state index contributed by atoms with van der Waals surface area (Å²) in [7, 11) is 1.90. The molecule has 2 rings (SSSR count). The zero-order valence-electron chi connectivity index (χ0n) is 16.7. The van der Waals surface area contributed by atoms with Crippen molar-refractivity contribution in [2.45, 2.75) is 26.8 Å². The summed E-state index contributed by atoms with van der Waals surface area (Å²) in [5, 5.41) is 2.92. The second-order valence-electron chi connectivity index (χ2n) is 6.79. The Kier molecular flexibility index (Phi) is 7.55. The maximum absolute atomic E-state index is 13.1. The molecule has 0 aliphatic carbocycles. The van der Waals surface area contributed by atoms with Gasteiger partial charge in [0.15, 0.2) is 12.6 Å². The average Bonchev–Trinajstić information content (AvgIpc) is 2.65. The van der Waals surface area contributed by atoms with Crippen LogP contribution in [-0.4, -0.2) is 43.4 Å². The molecule has 0 radical (unpaired) electrons. The molecule has 0 aliphatic heterocycles. The van der Waals surface area contributed by atoms with Gasteiger partial charge in [-0.25, -0.2) is 0 Å². The molecule has 1 unspecified atom stereocenters. The van der Waals surface area contributed by atoms with Crippen LogP contribution in [-0.2, 0) is 9.59 Å². The third-order valence-corrected chi connectivity index (χ3v) is 4.72. The topological polar surface area (TPSA) is 53.9 Å². The SMILES string of the molecule is CCN(CC)C(=O)[C@H](c1ccccc1)[NH+](C)CC(=O)Nc1ccc(C)cc1. The van der Waals surface area contributed by atoms with Gasteiger partial charge in [-0.2, -0.15) is 0 Å². The highest BCUT2D eigenvalue weighted by molar-refractivity contribution is 5.91. The van der Waals surface area contributed by atoms with Crippen molar-refractivity contribution < 1.29 is 14.5 Å². The van der Waals surface area contributed by atoms with Crippen molar-refractivity contribution in [1.82, 2.24) is 4.90 Å². The molecule has 2 N–H and O–H groups in total. The van der Waals surface area contributed by atoms with Gasteiger partial charge in [-0.15, -0.1) is 0 Å². The molecular weight excluding hydrogens is 338 g/mol. The van der Waals surface area contributed by atoms with Crippen LogP contribution in [0.15, 0.2) is 54.6 Å². The first kappa shape index (κ1) is 20.6. The van der Waals surface area contributed by atoms with Crippen molar-refractivity contribution in [3.8, 4) is 0 Å². The number of quaternary nitrogens is 1. The molecule has 0 aromatic heterocycles. The Morgan fingerprint density at radius 1 is 1.00 bits per heavy atom. The van der Waals surface area contributed by atoms with Gasteiger partial charge in [0.1, 0.15) is 0 Å². The normalized spacial score (nSPS) is 12.9. The van der Waals surface area contributed by atoms with E-state index in [0.717, 1.165) is 21.7 Å². The predicted molar refractivity (Wildman–Crippen MR) is 109 cm³/mol. The molecule has 5 nitrogen and oxygen atoms in total. The monoisotopic (exact) mass is 368 g/mol. The molecule has 0 spiro atoms. The summed E-state index contributed by atoms with van der Waals surface area (Å²) < 4.78 is 0. The van der Waals surface area contributed by atoms with Crippen LogP contribution >= 0.6 is 0 Å². The Labute approximate surface area is 162 Å². The Morgan fingerprint density at radius 3 is 2.15 bits per heavy atom. The number of amides is 2. The summed E-state index contributed by atoms with van der Waals surface area (Å²) in [4.78, 5) is 28.3. The maximum atomic E-state index is 13.1. The van der Waals surface area contributed by atoms with E-state index >= 15 is 0 Å². The van der Waals surface area contributed by atoms with Crippen LogP contribution in [0.3, 0.4) is 0 Å². The maximum Gasteiger partial charge on any atom is 0.285 e. The fourth-order valence-electron chi connectivity index (χ4n) is 3.20. The van der Waals surface area contributed by atoms with Gasteiger partial charge in [-0.3, -0.25) is 9.59 Å². The van der Waals surface area contributed by atoms with E-state index in [1.165, 1.54) is 0 Å². The van der Waals surface area contributed by atoms with Gasteiger partial charge in [0.2, 0.25) is 0 Å². The summed E-state index contributed by atoms with van der Waals surface area (Å²) in [5.41, 5.74) is 2.84. The van der Waals surface area contributed by atoms with Gasteiger partial charge in [0.25, 0.3) is 11.8 Å². The standard InChI is InChI=1S/C22H29N3O2/c1-5-25(6-2)22(27)21(18-10-8-7-9-11-18)24(4)16-20(26)23-19-14-12-17(3)13-15-19/h7-15,21H,5-6,16H2,1-4H3,(H,23,26)/p+1/t21-/m0/s1. The van der Waals surface area contributed by atoms with Gasteiger partial charge >= 0.3 is 0 Å². The van der Waals surface area contributed by atoms with Gasteiger partial charge in [-0.05, 0) is 32.9 Å². The highest BCUT2D eigenvalue weighted by Gasteiger charge is 2.33. The van der Waals surface area contributed by atoms with E-state index in [1.807, 2.05) is 87.3 Å². The van der Waals surface area contributed by atoms with Crippen LogP contribution in [0.4, 0.5) is 5.69 Å². The van der Waals surface area contributed by atoms with Gasteiger partial charge in [0, 0.05) is 24.3 Å². The molecule has 2 amide bonds. The second-order valence-corrected chi connectivity index (χ2v) is 6.79. The lowest BCUT2D eigenvalue weighted by atomic mass is 10.0. The minimum absolute atomic E-state index is 0.0480. The van der Waals surface area contributed by atoms with Crippen molar-refractivity contribution in [2.75, 3.05) is 32.0 Å². The number of hydrogen-bond acceptors (Lipinski definition) is 2. The third kappa shape index (κ3) is 5.66. The number of rotatable bonds is 8. The number of carbonyl (C=O) groups excluding carboxylic acids is 2. The van der Waals surface area contributed by atoms with Crippen LogP contribution in [0.25, 0.3) is 0 Å². The van der Waals surface area contributed by atoms with Crippen LogP contribution < -0.4 is 10.2 Å². The molecule has 2 aromatic carbocycles. The molecule has 0 saturated carbocycles. The summed E-state index contributed by atoms with van der Waals surface area (Å²) in [6.07, 6.45) is 0. The van der Waals surface area contributed by atoms with Crippen molar-refractivity contribution in [3.05, 3.63) is 65.7 Å². The first-order valence-corrected chi connectivity index (χ1v) is 9.48. The molecule has 5 heteroatoms. The molecular formula is C22H30N3O2+. The highest BCUT2D eigenvalue weighted by atomic mass is 16.2. The van der Waals surface area contributed by atoms with E-state index in [-0.39, 0.29) is 18.4 Å². The predicted octanol–water partition coefficient (Wildman–Crippen LogP) is 2.06. The highest BCUT2D eigenvalue weighted by Crippen LogP contribution is 2.13. The number of anilines is 1. The number of carbonyl (C=O) groups is 2. The summed E-state index contributed by atoms with van der Waals surface area (Å²) in [6.45, 7) is 7.47. The van der Waals surface area contributed by atoms with E-state index in [2.05, 4.69) is 5.32 Å². The van der Waals surface area contributed by atoms with Gasteiger partial charge < -0.3 is 15.1 Å². The molecule has 0 fully saturated rings. The largest absolute Gasteiger partial charge is 0.338 e. The number of hydrogen-bond donors (Lipinski definition) is 2. The zero-order chi connectivity index (χ0) is 19.8. The lowest BCUT2D eigenvalue weighted by Gasteiger charge is -2.29. The third-order valence-electron chi connectivity index (χ3n) is 4.72. The Bertz CT molecular complexity index is 740. The molecule has 0 aliphatic rings. The summed E-state index contributed by atoms with van der Waals surface area (Å²) >= 11 is 0. The first-order chi connectivity index (χ1) is 13.0. The number of benzene rings is 2. The fourth-order valence-corrected chi connectivity index (χ4v) is 3.20. The quantitative estimate of drug-likeness (QED) is 0.749. The van der Waals surface area contributed by atoms with Gasteiger partial charge in [0.05, 0.1) is 7.05 Å². The van der Waals surface area contributed by atoms with Crippen LogP contribution in [0.1, 0.15) is 31.0 Å². The number of likely N-dealkylation sites (N-methyl/N-ethyl adjacent to an activating group) is 2.